The molecule has 0 bridgehead atoms. The van der Waals surface area contributed by atoms with Gasteiger partial charge in [-0.3, -0.25) is 9.80 Å². The Balaban J connectivity index is 1.50. The highest BCUT2D eigenvalue weighted by molar-refractivity contribution is 9.11. The van der Waals surface area contributed by atoms with Crippen molar-refractivity contribution in [3.05, 3.63) is 20.8 Å². The zero-order valence-electron chi connectivity index (χ0n) is 9.36. The molecule has 0 aromatic carbocycles. The van der Waals surface area contributed by atoms with E-state index in [1.54, 1.807) is 0 Å². The maximum atomic E-state index is 3.53. The van der Waals surface area contributed by atoms with Gasteiger partial charge in [0.2, 0.25) is 0 Å². The molecule has 88 valence electrons. The molecule has 0 radical (unpaired) electrons. The number of rotatable bonds is 3. The summed E-state index contributed by atoms with van der Waals surface area (Å²) in [6.45, 7) is 6.17. The SMILES string of the molecule is Brc1ccc(CN2CCN(C3CC3)CC2)s1. The van der Waals surface area contributed by atoms with Crippen LogP contribution in [0.2, 0.25) is 0 Å². The molecule has 4 heteroatoms. The molecule has 0 spiro atoms. The molecule has 1 aliphatic heterocycles. The van der Waals surface area contributed by atoms with Crippen LogP contribution in [-0.2, 0) is 6.54 Å². The molecule has 1 saturated heterocycles. The monoisotopic (exact) mass is 300 g/mol. The molecule has 2 heterocycles. The molecule has 0 N–H and O–H groups in total. The van der Waals surface area contributed by atoms with Crippen molar-refractivity contribution in [3.8, 4) is 0 Å². The van der Waals surface area contributed by atoms with E-state index in [2.05, 4.69) is 37.9 Å². The van der Waals surface area contributed by atoms with E-state index < -0.39 is 0 Å². The van der Waals surface area contributed by atoms with Gasteiger partial charge in [0.1, 0.15) is 0 Å². The molecule has 1 aromatic heterocycles. The Morgan fingerprint density at radius 2 is 1.94 bits per heavy atom. The summed E-state index contributed by atoms with van der Waals surface area (Å²) in [6.07, 6.45) is 2.88. The molecular formula is C12H17BrN2S. The van der Waals surface area contributed by atoms with Gasteiger partial charge in [0.05, 0.1) is 3.79 Å². The Labute approximate surface area is 109 Å². The second-order valence-corrected chi connectivity index (χ2v) is 7.30. The zero-order valence-corrected chi connectivity index (χ0v) is 11.8. The van der Waals surface area contributed by atoms with E-state index in [9.17, 15) is 0 Å². The van der Waals surface area contributed by atoms with Gasteiger partial charge in [-0.1, -0.05) is 0 Å². The fourth-order valence-corrected chi connectivity index (χ4v) is 3.91. The summed E-state index contributed by atoms with van der Waals surface area (Å²) in [7, 11) is 0. The minimum atomic E-state index is 0.943. The Hall–Kier alpha value is 0.1000. The highest BCUT2D eigenvalue weighted by Gasteiger charge is 2.31. The molecule has 0 atom stereocenters. The summed E-state index contributed by atoms with van der Waals surface area (Å²) in [5.74, 6) is 0. The minimum absolute atomic E-state index is 0.943. The van der Waals surface area contributed by atoms with Crippen molar-refractivity contribution in [2.24, 2.45) is 0 Å². The molecule has 1 saturated carbocycles. The van der Waals surface area contributed by atoms with Gasteiger partial charge >= 0.3 is 0 Å². The fourth-order valence-electron chi connectivity index (χ4n) is 2.38. The van der Waals surface area contributed by atoms with E-state index in [0.29, 0.717) is 0 Å². The summed E-state index contributed by atoms with van der Waals surface area (Å²) in [4.78, 5) is 6.73. The van der Waals surface area contributed by atoms with Gasteiger partial charge in [0.25, 0.3) is 0 Å². The maximum Gasteiger partial charge on any atom is 0.0701 e. The highest BCUT2D eigenvalue weighted by atomic mass is 79.9. The molecule has 16 heavy (non-hydrogen) atoms. The van der Waals surface area contributed by atoms with E-state index >= 15 is 0 Å². The van der Waals surface area contributed by atoms with Crippen molar-refractivity contribution in [3.63, 3.8) is 0 Å². The van der Waals surface area contributed by atoms with Gasteiger partial charge < -0.3 is 0 Å². The van der Waals surface area contributed by atoms with Crippen molar-refractivity contribution in [1.29, 1.82) is 0 Å². The fraction of sp³-hybridized carbons (Fsp3) is 0.667. The van der Waals surface area contributed by atoms with Gasteiger partial charge in [-0.05, 0) is 40.9 Å². The topological polar surface area (TPSA) is 6.48 Å². The lowest BCUT2D eigenvalue weighted by atomic mass is 10.3. The Morgan fingerprint density at radius 1 is 1.19 bits per heavy atom. The van der Waals surface area contributed by atoms with Gasteiger partial charge in [-0.25, -0.2) is 0 Å². The van der Waals surface area contributed by atoms with Crippen molar-refractivity contribution in [2.75, 3.05) is 26.2 Å². The van der Waals surface area contributed by atoms with Crippen LogP contribution in [0.15, 0.2) is 15.9 Å². The number of thiophene rings is 1. The van der Waals surface area contributed by atoms with Crippen LogP contribution < -0.4 is 0 Å². The van der Waals surface area contributed by atoms with Crippen LogP contribution in [0.5, 0.6) is 0 Å². The van der Waals surface area contributed by atoms with Gasteiger partial charge in [-0.2, -0.15) is 0 Å². The second kappa shape index (κ2) is 4.77. The molecule has 1 aliphatic carbocycles. The summed E-state index contributed by atoms with van der Waals surface area (Å²) in [5.41, 5.74) is 0. The second-order valence-electron chi connectivity index (χ2n) is 4.75. The Bertz CT molecular complexity index is 354. The Morgan fingerprint density at radius 3 is 2.50 bits per heavy atom. The van der Waals surface area contributed by atoms with Crippen LogP contribution in [0.4, 0.5) is 0 Å². The highest BCUT2D eigenvalue weighted by Crippen LogP contribution is 2.28. The van der Waals surface area contributed by atoms with Crippen molar-refractivity contribution in [1.82, 2.24) is 9.80 Å². The first-order valence-corrected chi connectivity index (χ1v) is 7.63. The molecule has 0 amide bonds. The molecule has 2 fully saturated rings. The normalized spacial score (nSPS) is 23.8. The molecule has 1 aromatic rings. The van der Waals surface area contributed by atoms with Gasteiger partial charge in [-0.15, -0.1) is 11.3 Å². The van der Waals surface area contributed by atoms with E-state index in [4.69, 9.17) is 0 Å². The third-order valence-corrected chi connectivity index (χ3v) is 5.09. The largest absolute Gasteiger partial charge is 0.298 e. The summed E-state index contributed by atoms with van der Waals surface area (Å²) >= 11 is 5.39. The van der Waals surface area contributed by atoms with Crippen LogP contribution in [0.3, 0.4) is 0 Å². The number of hydrogen-bond acceptors (Lipinski definition) is 3. The zero-order chi connectivity index (χ0) is 11.0. The predicted octanol–water partition coefficient (Wildman–Crippen LogP) is 2.79. The molecule has 0 unspecified atom stereocenters. The van der Waals surface area contributed by atoms with E-state index in [1.807, 2.05) is 11.3 Å². The maximum absolute atomic E-state index is 3.53. The summed E-state index contributed by atoms with van der Waals surface area (Å²) < 4.78 is 1.25. The number of hydrogen-bond donors (Lipinski definition) is 0. The van der Waals surface area contributed by atoms with Crippen molar-refractivity contribution in [2.45, 2.75) is 25.4 Å². The average molecular weight is 301 g/mol. The summed E-state index contributed by atoms with van der Waals surface area (Å²) in [6, 6.07) is 5.33. The van der Waals surface area contributed by atoms with E-state index in [1.165, 1.54) is 47.7 Å². The van der Waals surface area contributed by atoms with Crippen molar-refractivity contribution >= 4 is 27.3 Å². The van der Waals surface area contributed by atoms with Crippen molar-refractivity contribution < 1.29 is 0 Å². The molecule has 3 rings (SSSR count). The first kappa shape index (κ1) is 11.2. The quantitative estimate of drug-likeness (QED) is 0.847. The predicted molar refractivity (Wildman–Crippen MR) is 71.9 cm³/mol. The van der Waals surface area contributed by atoms with Crippen LogP contribution >= 0.6 is 27.3 Å². The third kappa shape index (κ3) is 2.67. The van der Waals surface area contributed by atoms with Crippen LogP contribution in [0.1, 0.15) is 17.7 Å². The molecule has 2 nitrogen and oxygen atoms in total. The van der Waals surface area contributed by atoms with Crippen LogP contribution in [0, 0.1) is 0 Å². The first-order chi connectivity index (χ1) is 7.81. The minimum Gasteiger partial charge on any atom is -0.298 e. The lowest BCUT2D eigenvalue weighted by Crippen LogP contribution is -2.46. The lowest BCUT2D eigenvalue weighted by Gasteiger charge is -2.34. The van der Waals surface area contributed by atoms with Crippen LogP contribution in [-0.4, -0.2) is 42.0 Å². The third-order valence-electron chi connectivity index (χ3n) is 3.48. The van der Waals surface area contributed by atoms with E-state index in [0.717, 1.165) is 12.6 Å². The number of halogens is 1. The average Bonchev–Trinajstić information content (AvgIpc) is 3.05. The molecular weight excluding hydrogens is 284 g/mol. The first-order valence-electron chi connectivity index (χ1n) is 6.02. The lowest BCUT2D eigenvalue weighted by molar-refractivity contribution is 0.122. The molecule has 2 aliphatic rings. The van der Waals surface area contributed by atoms with Crippen LogP contribution in [0.25, 0.3) is 0 Å². The smallest absolute Gasteiger partial charge is 0.0701 e. The number of piperazine rings is 1. The summed E-state index contributed by atoms with van der Waals surface area (Å²) in [5, 5.41) is 0. The van der Waals surface area contributed by atoms with Gasteiger partial charge in [0.15, 0.2) is 0 Å². The standard InChI is InChI=1S/C12H17BrN2S/c13-12-4-3-11(16-12)9-14-5-7-15(8-6-14)10-1-2-10/h3-4,10H,1-2,5-9H2. The van der Waals surface area contributed by atoms with E-state index in [-0.39, 0.29) is 0 Å². The number of nitrogens with zero attached hydrogens (tertiary/aromatic N) is 2. The Kier molecular flexibility index (Phi) is 3.34. The van der Waals surface area contributed by atoms with Gasteiger partial charge in [0, 0.05) is 43.6 Å².